The highest BCUT2D eigenvalue weighted by molar-refractivity contribution is 5.99. The molecule has 1 aromatic carbocycles. The van der Waals surface area contributed by atoms with Gasteiger partial charge in [0.25, 0.3) is 0 Å². The largest absolute Gasteiger partial charge is 0.382 e. The molecule has 6 rings (SSSR count). The predicted octanol–water partition coefficient (Wildman–Crippen LogP) is 4.74. The van der Waals surface area contributed by atoms with E-state index in [1.165, 1.54) is 19.3 Å². The third kappa shape index (κ3) is 3.09. The molecule has 1 saturated heterocycles. The number of aromatic nitrogens is 5. The Hall–Kier alpha value is -3.87. The van der Waals surface area contributed by atoms with Crippen LogP contribution < -0.4 is 10.6 Å². The van der Waals surface area contributed by atoms with Crippen molar-refractivity contribution in [3.05, 3.63) is 54.9 Å². The standard InChI is InChI=1S/C24H23N7/c25-23-19-12-15(4-5-20(19)29-30-23)17-7-9-27-24-18(17)14-21(28-24)16-6-8-26-22(13-16)31-10-2-1-3-11-31/h4-9,12-14H,1-3,10-11H2,(H,27,28)(H3,25,29,30). The van der Waals surface area contributed by atoms with Crippen LogP contribution in [0.15, 0.2) is 54.9 Å². The first-order valence-electron chi connectivity index (χ1n) is 10.7. The van der Waals surface area contributed by atoms with Crippen LogP contribution in [0.5, 0.6) is 0 Å². The summed E-state index contributed by atoms with van der Waals surface area (Å²) in [6, 6.07) is 14.6. The Labute approximate surface area is 179 Å². The molecule has 4 aromatic heterocycles. The molecule has 0 bridgehead atoms. The number of piperidine rings is 1. The normalized spacial score (nSPS) is 14.5. The Balaban J connectivity index is 1.43. The Morgan fingerprint density at radius 1 is 0.839 bits per heavy atom. The lowest BCUT2D eigenvalue weighted by Crippen LogP contribution is -2.30. The number of fused-ring (bicyclic) bond motifs is 2. The van der Waals surface area contributed by atoms with Gasteiger partial charge >= 0.3 is 0 Å². The fourth-order valence-electron chi connectivity index (χ4n) is 4.52. The monoisotopic (exact) mass is 409 g/mol. The summed E-state index contributed by atoms with van der Waals surface area (Å²) in [4.78, 5) is 15.1. The summed E-state index contributed by atoms with van der Waals surface area (Å²) in [5.41, 5.74) is 12.2. The van der Waals surface area contributed by atoms with Crippen molar-refractivity contribution in [3.63, 3.8) is 0 Å². The maximum atomic E-state index is 6.02. The smallest absolute Gasteiger partial charge is 0.153 e. The number of benzene rings is 1. The minimum absolute atomic E-state index is 0.513. The Morgan fingerprint density at radius 2 is 1.71 bits per heavy atom. The Kier molecular flexibility index (Phi) is 4.12. The van der Waals surface area contributed by atoms with Crippen molar-refractivity contribution in [1.29, 1.82) is 0 Å². The summed E-state index contributed by atoms with van der Waals surface area (Å²) < 4.78 is 0. The number of pyridine rings is 2. The Bertz CT molecular complexity index is 1390. The van der Waals surface area contributed by atoms with E-state index < -0.39 is 0 Å². The van der Waals surface area contributed by atoms with Crippen molar-refractivity contribution in [3.8, 4) is 22.4 Å². The van der Waals surface area contributed by atoms with Crippen molar-refractivity contribution in [1.82, 2.24) is 25.1 Å². The summed E-state index contributed by atoms with van der Waals surface area (Å²) in [5, 5.41) is 9.07. The van der Waals surface area contributed by atoms with Crippen molar-refractivity contribution in [2.45, 2.75) is 19.3 Å². The molecule has 1 aliphatic rings. The summed E-state index contributed by atoms with van der Waals surface area (Å²) in [6.45, 7) is 2.16. The van der Waals surface area contributed by atoms with Crippen LogP contribution in [-0.4, -0.2) is 38.2 Å². The maximum Gasteiger partial charge on any atom is 0.153 e. The molecule has 5 aromatic rings. The molecule has 0 atom stereocenters. The van der Waals surface area contributed by atoms with Crippen molar-refractivity contribution < 1.29 is 0 Å². The van der Waals surface area contributed by atoms with Crippen LogP contribution in [0.1, 0.15) is 19.3 Å². The molecule has 0 amide bonds. The molecule has 7 nitrogen and oxygen atoms in total. The van der Waals surface area contributed by atoms with Gasteiger partial charge in [-0.1, -0.05) is 6.07 Å². The van der Waals surface area contributed by atoms with Gasteiger partial charge in [0.15, 0.2) is 5.82 Å². The van der Waals surface area contributed by atoms with Crippen molar-refractivity contribution >= 4 is 33.6 Å². The lowest BCUT2D eigenvalue weighted by molar-refractivity contribution is 0.573. The molecule has 7 heteroatoms. The van der Waals surface area contributed by atoms with Crippen LogP contribution in [0.3, 0.4) is 0 Å². The van der Waals surface area contributed by atoms with E-state index in [1.807, 2.05) is 24.5 Å². The zero-order valence-electron chi connectivity index (χ0n) is 17.1. The molecule has 31 heavy (non-hydrogen) atoms. The van der Waals surface area contributed by atoms with Gasteiger partial charge in [0.2, 0.25) is 0 Å². The summed E-state index contributed by atoms with van der Waals surface area (Å²) in [7, 11) is 0. The van der Waals surface area contributed by atoms with Crippen LogP contribution in [0.4, 0.5) is 11.6 Å². The maximum absolute atomic E-state index is 6.02. The van der Waals surface area contributed by atoms with E-state index in [1.54, 1.807) is 0 Å². The first kappa shape index (κ1) is 17.9. The van der Waals surface area contributed by atoms with E-state index in [-0.39, 0.29) is 0 Å². The number of anilines is 2. The number of aromatic amines is 2. The van der Waals surface area contributed by atoms with E-state index in [4.69, 9.17) is 5.73 Å². The number of H-pyrrole nitrogens is 2. The van der Waals surface area contributed by atoms with E-state index in [0.717, 1.165) is 63.2 Å². The SMILES string of the molecule is Nc1n[nH]c2ccc(-c3ccnc4[nH]c(-c5ccnc(N6CCCCC6)c5)cc34)cc12. The molecule has 0 saturated carbocycles. The fraction of sp³-hybridized carbons (Fsp3) is 0.208. The highest BCUT2D eigenvalue weighted by Crippen LogP contribution is 2.34. The van der Waals surface area contributed by atoms with Gasteiger partial charge in [-0.3, -0.25) is 5.10 Å². The van der Waals surface area contributed by atoms with Crippen LogP contribution in [-0.2, 0) is 0 Å². The summed E-state index contributed by atoms with van der Waals surface area (Å²) in [6.07, 6.45) is 7.51. The van der Waals surface area contributed by atoms with Crippen molar-refractivity contribution in [2.75, 3.05) is 23.7 Å². The van der Waals surface area contributed by atoms with Crippen LogP contribution in [0, 0.1) is 0 Å². The fourth-order valence-corrected chi connectivity index (χ4v) is 4.52. The third-order valence-electron chi connectivity index (χ3n) is 6.17. The highest BCUT2D eigenvalue weighted by Gasteiger charge is 2.15. The molecule has 0 aliphatic carbocycles. The second-order valence-corrected chi connectivity index (χ2v) is 8.12. The van der Waals surface area contributed by atoms with Crippen molar-refractivity contribution in [2.24, 2.45) is 0 Å². The van der Waals surface area contributed by atoms with E-state index >= 15 is 0 Å². The quantitative estimate of drug-likeness (QED) is 0.400. The number of hydrogen-bond acceptors (Lipinski definition) is 5. The first-order valence-corrected chi connectivity index (χ1v) is 10.7. The van der Waals surface area contributed by atoms with Gasteiger partial charge in [-0.05, 0) is 66.8 Å². The van der Waals surface area contributed by atoms with E-state index in [9.17, 15) is 0 Å². The molecule has 4 N–H and O–H groups in total. The first-order chi connectivity index (χ1) is 15.3. The molecule has 0 unspecified atom stereocenters. The molecular weight excluding hydrogens is 386 g/mol. The van der Waals surface area contributed by atoms with Gasteiger partial charge in [-0.25, -0.2) is 9.97 Å². The third-order valence-corrected chi connectivity index (χ3v) is 6.17. The molecule has 1 fully saturated rings. The van der Waals surface area contributed by atoms with E-state index in [0.29, 0.717) is 5.82 Å². The van der Waals surface area contributed by atoms with Crippen LogP contribution in [0.2, 0.25) is 0 Å². The van der Waals surface area contributed by atoms with Gasteiger partial charge < -0.3 is 15.6 Å². The molecular formula is C24H23N7. The summed E-state index contributed by atoms with van der Waals surface area (Å²) in [5.74, 6) is 1.56. The zero-order valence-corrected chi connectivity index (χ0v) is 17.1. The van der Waals surface area contributed by atoms with Gasteiger partial charge in [0, 0.05) is 47.5 Å². The lowest BCUT2D eigenvalue weighted by Gasteiger charge is -2.27. The predicted molar refractivity (Wildman–Crippen MR) is 125 cm³/mol. The van der Waals surface area contributed by atoms with E-state index in [2.05, 4.69) is 60.4 Å². The van der Waals surface area contributed by atoms with Gasteiger partial charge in [0.1, 0.15) is 11.5 Å². The Morgan fingerprint density at radius 3 is 2.61 bits per heavy atom. The average Bonchev–Trinajstić information content (AvgIpc) is 3.43. The zero-order chi connectivity index (χ0) is 20.8. The number of nitrogen functional groups attached to an aromatic ring is 1. The van der Waals surface area contributed by atoms with Crippen LogP contribution in [0.25, 0.3) is 44.3 Å². The second kappa shape index (κ2) is 7.12. The molecule has 0 radical (unpaired) electrons. The molecule has 5 heterocycles. The molecule has 1 aliphatic heterocycles. The molecule has 154 valence electrons. The van der Waals surface area contributed by atoms with Crippen LogP contribution >= 0.6 is 0 Å². The molecule has 0 spiro atoms. The highest BCUT2D eigenvalue weighted by atomic mass is 15.2. The minimum Gasteiger partial charge on any atom is -0.382 e. The number of nitrogens with one attached hydrogen (secondary N) is 2. The van der Waals surface area contributed by atoms with Gasteiger partial charge in [-0.2, -0.15) is 5.10 Å². The summed E-state index contributed by atoms with van der Waals surface area (Å²) >= 11 is 0. The second-order valence-electron chi connectivity index (χ2n) is 8.12. The number of rotatable bonds is 3. The average molecular weight is 409 g/mol. The number of nitrogens with two attached hydrogens (primary N) is 1. The number of hydrogen-bond donors (Lipinski definition) is 3. The van der Waals surface area contributed by atoms with Gasteiger partial charge in [0.05, 0.1) is 5.52 Å². The topological polar surface area (TPSA) is 99.5 Å². The number of nitrogens with zero attached hydrogens (tertiary/aromatic N) is 4. The lowest BCUT2D eigenvalue weighted by atomic mass is 10.0. The van der Waals surface area contributed by atoms with Gasteiger partial charge in [-0.15, -0.1) is 0 Å². The minimum atomic E-state index is 0.513.